The molecule has 5 nitrogen and oxygen atoms in total. The van der Waals surface area contributed by atoms with Gasteiger partial charge in [-0.2, -0.15) is 0 Å². The second kappa shape index (κ2) is 4.78. The van der Waals surface area contributed by atoms with E-state index in [1.54, 1.807) is 18.5 Å². The molecule has 0 saturated carbocycles. The number of ether oxygens (including phenoxy) is 1. The number of anilines is 1. The minimum absolute atomic E-state index is 0.197. The van der Waals surface area contributed by atoms with Gasteiger partial charge < -0.3 is 10.5 Å². The Morgan fingerprint density at radius 2 is 2.12 bits per heavy atom. The average molecular weight is 230 g/mol. The van der Waals surface area contributed by atoms with E-state index in [2.05, 4.69) is 15.0 Å². The molecule has 2 aromatic heterocycles. The lowest BCUT2D eigenvalue weighted by atomic mass is 10.1. The summed E-state index contributed by atoms with van der Waals surface area (Å²) in [5.74, 6) is 1.77. The Morgan fingerprint density at radius 1 is 1.29 bits per heavy atom. The van der Waals surface area contributed by atoms with Gasteiger partial charge in [0.15, 0.2) is 0 Å². The van der Waals surface area contributed by atoms with E-state index in [4.69, 9.17) is 10.5 Å². The summed E-state index contributed by atoms with van der Waals surface area (Å²) in [6.45, 7) is 4.04. The maximum atomic E-state index is 5.83. The number of rotatable bonds is 3. The molecule has 0 unspecified atom stereocenters. The standard InChI is InChI=1S/C12H14N4O/c1-8(2)10-11(13)15-7-16-12(10)17-9-4-3-5-14-6-9/h3-8H,1-2H3,(H2,13,15,16). The van der Waals surface area contributed by atoms with E-state index in [0.717, 1.165) is 5.56 Å². The Hall–Kier alpha value is -2.17. The normalized spacial score (nSPS) is 10.5. The van der Waals surface area contributed by atoms with Crippen LogP contribution in [0, 0.1) is 0 Å². The van der Waals surface area contributed by atoms with Crippen LogP contribution in [0.3, 0.4) is 0 Å². The molecule has 2 N–H and O–H groups in total. The first-order chi connectivity index (χ1) is 8.18. The number of pyridine rings is 1. The van der Waals surface area contributed by atoms with Gasteiger partial charge in [-0.1, -0.05) is 13.8 Å². The summed E-state index contributed by atoms with van der Waals surface area (Å²) in [5, 5.41) is 0. The van der Waals surface area contributed by atoms with Gasteiger partial charge in [-0.15, -0.1) is 0 Å². The highest BCUT2D eigenvalue weighted by molar-refractivity contribution is 5.47. The zero-order valence-corrected chi connectivity index (χ0v) is 9.79. The predicted octanol–water partition coefficient (Wildman–Crippen LogP) is 2.37. The maximum absolute atomic E-state index is 5.83. The van der Waals surface area contributed by atoms with Gasteiger partial charge in [0.2, 0.25) is 5.88 Å². The third-order valence-electron chi connectivity index (χ3n) is 2.30. The summed E-state index contributed by atoms with van der Waals surface area (Å²) in [7, 11) is 0. The molecule has 2 rings (SSSR count). The van der Waals surface area contributed by atoms with E-state index in [1.807, 2.05) is 19.9 Å². The van der Waals surface area contributed by atoms with E-state index in [0.29, 0.717) is 17.4 Å². The molecule has 0 aliphatic rings. The molecule has 0 aromatic carbocycles. The summed E-state index contributed by atoms with van der Waals surface area (Å²) >= 11 is 0. The molecule has 0 atom stereocenters. The van der Waals surface area contributed by atoms with E-state index >= 15 is 0 Å². The number of aromatic nitrogens is 3. The lowest BCUT2D eigenvalue weighted by Crippen LogP contribution is -2.04. The van der Waals surface area contributed by atoms with E-state index in [9.17, 15) is 0 Å². The summed E-state index contributed by atoms with van der Waals surface area (Å²) in [4.78, 5) is 12.1. The molecule has 0 aliphatic carbocycles. The quantitative estimate of drug-likeness (QED) is 0.876. The molecule has 2 heterocycles. The van der Waals surface area contributed by atoms with Gasteiger partial charge in [0, 0.05) is 6.20 Å². The first kappa shape index (κ1) is 11.3. The Kier molecular flexibility index (Phi) is 3.18. The monoisotopic (exact) mass is 230 g/mol. The molecule has 0 bridgehead atoms. The van der Waals surface area contributed by atoms with Crippen LogP contribution in [0.2, 0.25) is 0 Å². The van der Waals surface area contributed by atoms with E-state index < -0.39 is 0 Å². The van der Waals surface area contributed by atoms with Crippen molar-refractivity contribution in [2.24, 2.45) is 0 Å². The highest BCUT2D eigenvalue weighted by Gasteiger charge is 2.14. The van der Waals surface area contributed by atoms with Crippen molar-refractivity contribution >= 4 is 5.82 Å². The topological polar surface area (TPSA) is 73.9 Å². The molecular weight excluding hydrogens is 216 g/mol. The second-order valence-corrected chi connectivity index (χ2v) is 3.92. The summed E-state index contributed by atoms with van der Waals surface area (Å²) in [6.07, 6.45) is 4.71. The highest BCUT2D eigenvalue weighted by Crippen LogP contribution is 2.30. The van der Waals surface area contributed by atoms with E-state index in [1.165, 1.54) is 6.33 Å². The fraction of sp³-hybridized carbons (Fsp3) is 0.250. The van der Waals surface area contributed by atoms with Crippen molar-refractivity contribution in [3.05, 3.63) is 36.4 Å². The van der Waals surface area contributed by atoms with Crippen molar-refractivity contribution in [2.45, 2.75) is 19.8 Å². The van der Waals surface area contributed by atoms with Crippen molar-refractivity contribution in [1.29, 1.82) is 0 Å². The van der Waals surface area contributed by atoms with Crippen LogP contribution in [-0.2, 0) is 0 Å². The van der Waals surface area contributed by atoms with Crippen molar-refractivity contribution in [1.82, 2.24) is 15.0 Å². The summed E-state index contributed by atoms with van der Waals surface area (Å²) in [5.41, 5.74) is 6.65. The lowest BCUT2D eigenvalue weighted by Gasteiger charge is -2.13. The Morgan fingerprint density at radius 3 is 2.76 bits per heavy atom. The smallest absolute Gasteiger partial charge is 0.227 e. The molecule has 0 saturated heterocycles. The number of hydrogen-bond donors (Lipinski definition) is 1. The van der Waals surface area contributed by atoms with Crippen LogP contribution < -0.4 is 10.5 Å². The zero-order valence-electron chi connectivity index (χ0n) is 9.79. The van der Waals surface area contributed by atoms with Crippen LogP contribution in [-0.4, -0.2) is 15.0 Å². The van der Waals surface area contributed by atoms with Crippen LogP contribution in [0.25, 0.3) is 0 Å². The minimum Gasteiger partial charge on any atom is -0.437 e. The zero-order chi connectivity index (χ0) is 12.3. The number of nitrogens with zero attached hydrogens (tertiary/aromatic N) is 3. The summed E-state index contributed by atoms with van der Waals surface area (Å²) < 4.78 is 5.66. The Balaban J connectivity index is 2.36. The molecule has 5 heteroatoms. The molecule has 0 fully saturated rings. The molecule has 0 spiro atoms. The maximum Gasteiger partial charge on any atom is 0.227 e. The van der Waals surface area contributed by atoms with Crippen molar-refractivity contribution in [2.75, 3.05) is 5.73 Å². The number of nitrogen functional groups attached to an aromatic ring is 1. The fourth-order valence-electron chi connectivity index (χ4n) is 1.54. The lowest BCUT2D eigenvalue weighted by molar-refractivity contribution is 0.450. The Labute approximate surface area is 99.7 Å². The van der Waals surface area contributed by atoms with Crippen LogP contribution in [0.5, 0.6) is 11.6 Å². The molecule has 88 valence electrons. The predicted molar refractivity (Wildman–Crippen MR) is 64.8 cm³/mol. The van der Waals surface area contributed by atoms with Crippen molar-refractivity contribution in [3.63, 3.8) is 0 Å². The third-order valence-corrected chi connectivity index (χ3v) is 2.30. The number of hydrogen-bond acceptors (Lipinski definition) is 5. The third kappa shape index (κ3) is 2.50. The Bertz CT molecular complexity index is 499. The van der Waals surface area contributed by atoms with Gasteiger partial charge in [-0.05, 0) is 18.1 Å². The van der Waals surface area contributed by atoms with Crippen molar-refractivity contribution in [3.8, 4) is 11.6 Å². The van der Waals surface area contributed by atoms with Crippen LogP contribution in [0.4, 0.5) is 5.82 Å². The van der Waals surface area contributed by atoms with Gasteiger partial charge in [0.25, 0.3) is 0 Å². The molecule has 0 radical (unpaired) electrons. The first-order valence-electron chi connectivity index (χ1n) is 5.36. The van der Waals surface area contributed by atoms with Gasteiger partial charge in [0.1, 0.15) is 17.9 Å². The molecule has 17 heavy (non-hydrogen) atoms. The molecule has 0 amide bonds. The van der Waals surface area contributed by atoms with Crippen LogP contribution >= 0.6 is 0 Å². The van der Waals surface area contributed by atoms with Gasteiger partial charge >= 0.3 is 0 Å². The van der Waals surface area contributed by atoms with Crippen LogP contribution in [0.15, 0.2) is 30.9 Å². The molecule has 0 aliphatic heterocycles. The van der Waals surface area contributed by atoms with Gasteiger partial charge in [-0.25, -0.2) is 9.97 Å². The minimum atomic E-state index is 0.197. The first-order valence-corrected chi connectivity index (χ1v) is 5.36. The second-order valence-electron chi connectivity index (χ2n) is 3.92. The largest absolute Gasteiger partial charge is 0.437 e. The molecule has 2 aromatic rings. The average Bonchev–Trinajstić information content (AvgIpc) is 2.30. The fourth-order valence-corrected chi connectivity index (χ4v) is 1.54. The van der Waals surface area contributed by atoms with Gasteiger partial charge in [0.05, 0.1) is 11.8 Å². The number of nitrogens with two attached hydrogens (primary N) is 1. The van der Waals surface area contributed by atoms with E-state index in [-0.39, 0.29) is 5.92 Å². The van der Waals surface area contributed by atoms with Crippen molar-refractivity contribution < 1.29 is 4.74 Å². The molecular formula is C12H14N4O. The SMILES string of the molecule is CC(C)c1c(N)ncnc1Oc1cccnc1. The van der Waals surface area contributed by atoms with Crippen LogP contribution in [0.1, 0.15) is 25.3 Å². The highest BCUT2D eigenvalue weighted by atomic mass is 16.5. The summed E-state index contributed by atoms with van der Waals surface area (Å²) in [6, 6.07) is 3.62. The van der Waals surface area contributed by atoms with Gasteiger partial charge in [-0.3, -0.25) is 4.98 Å².